The van der Waals surface area contributed by atoms with Gasteiger partial charge in [-0.15, -0.1) is 0 Å². The Morgan fingerprint density at radius 2 is 1.86 bits per heavy atom. The molecule has 0 rings (SSSR count). The fourth-order valence-electron chi connectivity index (χ4n) is 0.868. The van der Waals surface area contributed by atoms with Crippen LogP contribution in [0.4, 0.5) is 0 Å². The van der Waals surface area contributed by atoms with E-state index in [-0.39, 0.29) is 0 Å². The van der Waals surface area contributed by atoms with Gasteiger partial charge in [-0.25, -0.2) is 0 Å². The molecule has 0 amide bonds. The van der Waals surface area contributed by atoms with Crippen LogP contribution in [0.2, 0.25) is 0 Å². The van der Waals surface area contributed by atoms with Crippen LogP contribution in [-0.4, -0.2) is 37.1 Å². The molecular formula is C11H22O3. The zero-order valence-electron chi connectivity index (χ0n) is 9.67. The number of aliphatic hydroxyl groups is 1. The zero-order chi connectivity index (χ0) is 11.0. The van der Waals surface area contributed by atoms with E-state index in [4.69, 9.17) is 9.47 Å². The average molecular weight is 202 g/mol. The lowest BCUT2D eigenvalue weighted by Crippen LogP contribution is -2.36. The maximum absolute atomic E-state index is 9.74. The summed E-state index contributed by atoms with van der Waals surface area (Å²) in [5.74, 6) is 0. The van der Waals surface area contributed by atoms with Gasteiger partial charge in [0.05, 0.1) is 19.8 Å². The summed E-state index contributed by atoms with van der Waals surface area (Å²) in [5.41, 5.74) is 0.334. The molecule has 1 atom stereocenters. The van der Waals surface area contributed by atoms with Gasteiger partial charge in [0.1, 0.15) is 5.60 Å². The Morgan fingerprint density at radius 3 is 2.36 bits per heavy atom. The molecule has 0 aliphatic carbocycles. The highest BCUT2D eigenvalue weighted by atomic mass is 16.5. The van der Waals surface area contributed by atoms with Crippen molar-refractivity contribution >= 4 is 0 Å². The Bertz CT molecular complexity index is 169. The second kappa shape index (κ2) is 6.98. The van der Waals surface area contributed by atoms with E-state index in [1.165, 1.54) is 5.57 Å². The van der Waals surface area contributed by atoms with Gasteiger partial charge >= 0.3 is 0 Å². The lowest BCUT2D eigenvalue weighted by molar-refractivity contribution is -0.0782. The van der Waals surface area contributed by atoms with Crippen molar-refractivity contribution in [3.05, 3.63) is 11.6 Å². The molecule has 84 valence electrons. The first-order valence-electron chi connectivity index (χ1n) is 4.99. The molecule has 0 saturated carbocycles. The largest absolute Gasteiger partial charge is 0.385 e. The summed E-state index contributed by atoms with van der Waals surface area (Å²) < 4.78 is 10.4. The molecule has 0 aromatic carbocycles. The molecule has 0 spiro atoms. The molecule has 0 saturated heterocycles. The molecule has 0 radical (unpaired) electrons. The van der Waals surface area contributed by atoms with E-state index < -0.39 is 5.60 Å². The molecule has 0 heterocycles. The van der Waals surface area contributed by atoms with Gasteiger partial charge in [0.15, 0.2) is 0 Å². The molecule has 1 unspecified atom stereocenters. The second-order valence-corrected chi connectivity index (χ2v) is 3.93. The van der Waals surface area contributed by atoms with Gasteiger partial charge < -0.3 is 14.6 Å². The molecule has 0 fully saturated rings. The van der Waals surface area contributed by atoms with Crippen molar-refractivity contribution in [3.8, 4) is 0 Å². The maximum Gasteiger partial charge on any atom is 0.108 e. The highest BCUT2D eigenvalue weighted by molar-refractivity contribution is 4.92. The summed E-state index contributed by atoms with van der Waals surface area (Å²) in [6, 6.07) is 0. The summed E-state index contributed by atoms with van der Waals surface area (Å²) in [6.45, 7) is 9.43. The van der Waals surface area contributed by atoms with Gasteiger partial charge in [0, 0.05) is 6.61 Å². The van der Waals surface area contributed by atoms with Crippen LogP contribution in [0, 0.1) is 0 Å². The smallest absolute Gasteiger partial charge is 0.108 e. The van der Waals surface area contributed by atoms with Crippen LogP contribution < -0.4 is 0 Å². The van der Waals surface area contributed by atoms with Gasteiger partial charge in [0.25, 0.3) is 0 Å². The molecule has 14 heavy (non-hydrogen) atoms. The molecule has 3 heteroatoms. The van der Waals surface area contributed by atoms with Gasteiger partial charge in [-0.1, -0.05) is 11.6 Å². The summed E-state index contributed by atoms with van der Waals surface area (Å²) >= 11 is 0. The number of ether oxygens (including phenoxy) is 2. The molecule has 0 aromatic rings. The Balaban J connectivity index is 3.59. The zero-order valence-corrected chi connectivity index (χ0v) is 9.67. The summed E-state index contributed by atoms with van der Waals surface area (Å²) in [5, 5.41) is 9.74. The number of hydrogen-bond acceptors (Lipinski definition) is 3. The van der Waals surface area contributed by atoms with Crippen molar-refractivity contribution in [2.75, 3.05) is 26.4 Å². The monoisotopic (exact) mass is 202 g/mol. The van der Waals surface area contributed by atoms with E-state index in [2.05, 4.69) is 0 Å². The Morgan fingerprint density at radius 1 is 1.29 bits per heavy atom. The first-order valence-corrected chi connectivity index (χ1v) is 4.99. The van der Waals surface area contributed by atoms with Crippen LogP contribution >= 0.6 is 0 Å². The Labute approximate surface area is 86.7 Å². The van der Waals surface area contributed by atoms with E-state index in [0.29, 0.717) is 26.4 Å². The van der Waals surface area contributed by atoms with Crippen LogP contribution in [0.25, 0.3) is 0 Å². The van der Waals surface area contributed by atoms with Crippen LogP contribution in [-0.2, 0) is 9.47 Å². The van der Waals surface area contributed by atoms with Gasteiger partial charge in [-0.3, -0.25) is 0 Å². The predicted molar refractivity (Wildman–Crippen MR) is 57.4 cm³/mol. The van der Waals surface area contributed by atoms with Crippen LogP contribution in [0.1, 0.15) is 27.7 Å². The molecule has 3 nitrogen and oxygen atoms in total. The highest BCUT2D eigenvalue weighted by Gasteiger charge is 2.20. The summed E-state index contributed by atoms with van der Waals surface area (Å²) in [7, 11) is 0. The van der Waals surface area contributed by atoms with E-state index in [0.717, 1.165) is 0 Å². The third-order valence-corrected chi connectivity index (χ3v) is 1.64. The lowest BCUT2D eigenvalue weighted by Gasteiger charge is -2.22. The molecule has 0 bridgehead atoms. The first kappa shape index (κ1) is 13.6. The minimum absolute atomic E-state index is 0.302. The SMILES string of the molecule is CCOCC(C)(O)COCC=C(C)C. The van der Waals surface area contributed by atoms with Crippen molar-refractivity contribution in [2.45, 2.75) is 33.3 Å². The van der Waals surface area contributed by atoms with Crippen molar-refractivity contribution < 1.29 is 14.6 Å². The fourth-order valence-corrected chi connectivity index (χ4v) is 0.868. The first-order chi connectivity index (χ1) is 6.48. The van der Waals surface area contributed by atoms with Crippen molar-refractivity contribution in [1.82, 2.24) is 0 Å². The second-order valence-electron chi connectivity index (χ2n) is 3.93. The Kier molecular flexibility index (Phi) is 6.79. The predicted octanol–water partition coefficient (Wildman–Crippen LogP) is 1.76. The number of allylic oxidation sites excluding steroid dienone is 1. The van der Waals surface area contributed by atoms with E-state index in [9.17, 15) is 5.11 Å². The maximum atomic E-state index is 9.74. The fraction of sp³-hybridized carbons (Fsp3) is 0.818. The van der Waals surface area contributed by atoms with E-state index in [1.807, 2.05) is 26.8 Å². The van der Waals surface area contributed by atoms with Crippen LogP contribution in [0.5, 0.6) is 0 Å². The van der Waals surface area contributed by atoms with Crippen LogP contribution in [0.15, 0.2) is 11.6 Å². The quantitative estimate of drug-likeness (QED) is 0.505. The normalized spacial score (nSPS) is 14.9. The summed E-state index contributed by atoms with van der Waals surface area (Å²) in [4.78, 5) is 0. The molecule has 0 aliphatic rings. The van der Waals surface area contributed by atoms with Crippen molar-refractivity contribution in [1.29, 1.82) is 0 Å². The van der Waals surface area contributed by atoms with Gasteiger partial charge in [0.2, 0.25) is 0 Å². The van der Waals surface area contributed by atoms with E-state index >= 15 is 0 Å². The van der Waals surface area contributed by atoms with Gasteiger partial charge in [-0.2, -0.15) is 0 Å². The highest BCUT2D eigenvalue weighted by Crippen LogP contribution is 2.04. The third-order valence-electron chi connectivity index (χ3n) is 1.64. The Hall–Kier alpha value is -0.380. The van der Waals surface area contributed by atoms with Gasteiger partial charge in [-0.05, 0) is 27.7 Å². The third kappa shape index (κ3) is 8.23. The minimum Gasteiger partial charge on any atom is -0.385 e. The average Bonchev–Trinajstić information content (AvgIpc) is 2.09. The molecule has 0 aliphatic heterocycles. The summed E-state index contributed by atoms with van der Waals surface area (Å²) in [6.07, 6.45) is 1.98. The molecular weight excluding hydrogens is 180 g/mol. The van der Waals surface area contributed by atoms with Crippen molar-refractivity contribution in [2.24, 2.45) is 0 Å². The standard InChI is InChI=1S/C11H22O3/c1-5-13-8-11(4,12)9-14-7-6-10(2)3/h6,12H,5,7-9H2,1-4H3. The lowest BCUT2D eigenvalue weighted by atomic mass is 10.1. The molecule has 0 aromatic heterocycles. The van der Waals surface area contributed by atoms with E-state index in [1.54, 1.807) is 6.92 Å². The molecule has 1 N–H and O–H groups in total. The number of hydrogen-bond donors (Lipinski definition) is 1. The van der Waals surface area contributed by atoms with Crippen molar-refractivity contribution in [3.63, 3.8) is 0 Å². The number of rotatable bonds is 7. The van der Waals surface area contributed by atoms with Crippen LogP contribution in [0.3, 0.4) is 0 Å². The topological polar surface area (TPSA) is 38.7 Å². The minimum atomic E-state index is -0.883.